The summed E-state index contributed by atoms with van der Waals surface area (Å²) in [7, 11) is 1.84. The maximum absolute atomic E-state index is 11.3. The summed E-state index contributed by atoms with van der Waals surface area (Å²) in [6.07, 6.45) is 6.93. The van der Waals surface area contributed by atoms with Crippen LogP contribution < -0.4 is 10.5 Å². The Hall–Kier alpha value is -4.38. The zero-order chi connectivity index (χ0) is 20.5. The Morgan fingerprint density at radius 1 is 1.17 bits per heavy atom. The van der Waals surface area contributed by atoms with Gasteiger partial charge in [0.2, 0.25) is 5.91 Å². The third-order valence-electron chi connectivity index (χ3n) is 4.46. The number of amides is 1. The number of hydrogen-bond acceptors (Lipinski definition) is 5. The standard InChI is InChI=1S/C21H16N6O2/c1-13(21(23)28)14-3-5-18(6-4-14)29-19-7-15(17-10-24-26(2)11-17)12-27-20(19)16(8-22)9-25-27/h3-7,9-12H,1H2,2H3,(H2,23,28). The Bertz CT molecular complexity index is 1290. The molecule has 3 aromatic heterocycles. The van der Waals surface area contributed by atoms with Crippen LogP contribution in [0.15, 0.2) is 61.7 Å². The summed E-state index contributed by atoms with van der Waals surface area (Å²) >= 11 is 0. The highest BCUT2D eigenvalue weighted by Gasteiger charge is 2.15. The molecule has 2 N–H and O–H groups in total. The molecule has 0 saturated heterocycles. The van der Waals surface area contributed by atoms with Crippen molar-refractivity contribution in [3.8, 4) is 28.7 Å². The first-order chi connectivity index (χ1) is 14.0. The van der Waals surface area contributed by atoms with E-state index >= 15 is 0 Å². The number of aryl methyl sites for hydroxylation is 1. The van der Waals surface area contributed by atoms with Gasteiger partial charge in [-0.05, 0) is 23.8 Å². The lowest BCUT2D eigenvalue weighted by Crippen LogP contribution is -2.11. The fourth-order valence-corrected chi connectivity index (χ4v) is 2.97. The van der Waals surface area contributed by atoms with E-state index in [1.807, 2.05) is 25.5 Å². The van der Waals surface area contributed by atoms with Crippen molar-refractivity contribution in [2.75, 3.05) is 0 Å². The number of nitriles is 1. The van der Waals surface area contributed by atoms with Crippen molar-refractivity contribution in [3.63, 3.8) is 0 Å². The van der Waals surface area contributed by atoms with Crippen LogP contribution in [-0.2, 0) is 11.8 Å². The van der Waals surface area contributed by atoms with Gasteiger partial charge in [0, 0.05) is 36.1 Å². The van der Waals surface area contributed by atoms with Crippen LogP contribution in [0.25, 0.3) is 22.2 Å². The van der Waals surface area contributed by atoms with Crippen molar-refractivity contribution in [1.82, 2.24) is 19.4 Å². The second kappa shape index (κ2) is 6.98. The van der Waals surface area contributed by atoms with Crippen molar-refractivity contribution < 1.29 is 9.53 Å². The molecule has 0 unspecified atom stereocenters. The predicted octanol–water partition coefficient (Wildman–Crippen LogP) is 2.90. The number of fused-ring (bicyclic) bond motifs is 1. The molecular formula is C21H16N6O2. The summed E-state index contributed by atoms with van der Waals surface area (Å²) in [6, 6.07) is 10.8. The average molecular weight is 384 g/mol. The van der Waals surface area contributed by atoms with Crippen LogP contribution in [0.4, 0.5) is 0 Å². The van der Waals surface area contributed by atoms with Crippen molar-refractivity contribution >= 4 is 17.0 Å². The largest absolute Gasteiger partial charge is 0.455 e. The zero-order valence-electron chi connectivity index (χ0n) is 15.5. The number of carbonyl (C=O) groups excluding carboxylic acids is 1. The molecule has 0 aliphatic heterocycles. The molecule has 1 amide bonds. The maximum atomic E-state index is 11.3. The van der Waals surface area contributed by atoms with Crippen LogP contribution in [0.2, 0.25) is 0 Å². The normalized spacial score (nSPS) is 10.6. The minimum Gasteiger partial charge on any atom is -0.455 e. The van der Waals surface area contributed by atoms with Gasteiger partial charge in [-0.1, -0.05) is 18.7 Å². The van der Waals surface area contributed by atoms with Gasteiger partial charge in [-0.15, -0.1) is 0 Å². The first kappa shape index (κ1) is 18.0. The van der Waals surface area contributed by atoms with E-state index in [0.717, 1.165) is 11.1 Å². The number of nitrogens with two attached hydrogens (primary N) is 1. The minimum absolute atomic E-state index is 0.222. The molecule has 0 spiro atoms. The number of benzene rings is 1. The molecule has 0 aliphatic carbocycles. The molecule has 0 aliphatic rings. The van der Waals surface area contributed by atoms with E-state index in [1.54, 1.807) is 39.7 Å². The van der Waals surface area contributed by atoms with E-state index in [0.29, 0.717) is 28.1 Å². The van der Waals surface area contributed by atoms with Crippen molar-refractivity contribution in [3.05, 3.63) is 72.8 Å². The lowest BCUT2D eigenvalue weighted by molar-refractivity contribution is -0.112. The molecule has 0 atom stereocenters. The Labute approximate surface area is 166 Å². The van der Waals surface area contributed by atoms with Crippen LogP contribution in [0.5, 0.6) is 11.5 Å². The van der Waals surface area contributed by atoms with E-state index in [1.165, 1.54) is 6.20 Å². The van der Waals surface area contributed by atoms with Gasteiger partial charge in [-0.25, -0.2) is 4.52 Å². The lowest BCUT2D eigenvalue weighted by Gasteiger charge is -2.11. The third-order valence-corrected chi connectivity index (χ3v) is 4.46. The minimum atomic E-state index is -0.581. The topological polar surface area (TPSA) is 111 Å². The SMILES string of the molecule is C=C(C(N)=O)c1ccc(Oc2cc(-c3cnn(C)c3)cn3ncc(C#N)c23)cc1. The smallest absolute Gasteiger partial charge is 0.248 e. The van der Waals surface area contributed by atoms with E-state index < -0.39 is 5.91 Å². The number of rotatable bonds is 5. The molecule has 8 heteroatoms. The first-order valence-corrected chi connectivity index (χ1v) is 8.64. The number of nitrogens with zero attached hydrogens (tertiary/aromatic N) is 5. The molecule has 142 valence electrons. The molecular weight excluding hydrogens is 368 g/mol. The van der Waals surface area contributed by atoms with Crippen molar-refractivity contribution in [2.24, 2.45) is 12.8 Å². The summed E-state index contributed by atoms with van der Waals surface area (Å²) in [6.45, 7) is 3.67. The summed E-state index contributed by atoms with van der Waals surface area (Å²) < 4.78 is 9.38. The molecule has 1 aromatic carbocycles. The number of pyridine rings is 1. The number of carbonyl (C=O) groups is 1. The molecule has 0 bridgehead atoms. The highest BCUT2D eigenvalue weighted by Crippen LogP contribution is 2.33. The third kappa shape index (κ3) is 3.33. The van der Waals surface area contributed by atoms with Crippen molar-refractivity contribution in [2.45, 2.75) is 0 Å². The van der Waals surface area contributed by atoms with Gasteiger partial charge in [0.25, 0.3) is 0 Å². The van der Waals surface area contributed by atoms with Crippen LogP contribution in [0.1, 0.15) is 11.1 Å². The van der Waals surface area contributed by atoms with Crippen LogP contribution >= 0.6 is 0 Å². The molecule has 0 saturated carbocycles. The summed E-state index contributed by atoms with van der Waals surface area (Å²) in [5, 5.41) is 17.9. The van der Waals surface area contributed by atoms with E-state index in [4.69, 9.17) is 10.5 Å². The summed E-state index contributed by atoms with van der Waals surface area (Å²) in [4.78, 5) is 11.3. The van der Waals surface area contributed by atoms with Crippen molar-refractivity contribution in [1.29, 1.82) is 5.26 Å². The van der Waals surface area contributed by atoms with Crippen LogP contribution in [0.3, 0.4) is 0 Å². The van der Waals surface area contributed by atoms with Gasteiger partial charge in [0.05, 0.1) is 12.4 Å². The number of ether oxygens (including phenoxy) is 1. The average Bonchev–Trinajstić information content (AvgIpc) is 3.34. The fraction of sp³-hybridized carbons (Fsp3) is 0.0476. The summed E-state index contributed by atoms with van der Waals surface area (Å²) in [5.74, 6) is 0.422. The predicted molar refractivity (Wildman–Crippen MR) is 107 cm³/mol. The Morgan fingerprint density at radius 3 is 2.55 bits per heavy atom. The second-order valence-corrected chi connectivity index (χ2v) is 6.43. The van der Waals surface area contributed by atoms with Gasteiger partial charge in [-0.3, -0.25) is 9.48 Å². The van der Waals surface area contributed by atoms with Gasteiger partial charge >= 0.3 is 0 Å². The Morgan fingerprint density at radius 2 is 1.93 bits per heavy atom. The fourth-order valence-electron chi connectivity index (χ4n) is 2.97. The Kier molecular flexibility index (Phi) is 4.33. The zero-order valence-corrected chi connectivity index (χ0v) is 15.5. The summed E-state index contributed by atoms with van der Waals surface area (Å²) in [5.41, 5.74) is 8.79. The van der Waals surface area contributed by atoms with E-state index in [-0.39, 0.29) is 5.57 Å². The van der Waals surface area contributed by atoms with Gasteiger partial charge in [-0.2, -0.15) is 15.5 Å². The number of primary amides is 1. The molecule has 0 fully saturated rings. The molecule has 8 nitrogen and oxygen atoms in total. The monoisotopic (exact) mass is 384 g/mol. The molecule has 4 rings (SSSR count). The van der Waals surface area contributed by atoms with E-state index in [2.05, 4.69) is 22.8 Å². The van der Waals surface area contributed by atoms with Crippen LogP contribution in [0, 0.1) is 11.3 Å². The quantitative estimate of drug-likeness (QED) is 0.532. The molecule has 0 radical (unpaired) electrons. The van der Waals surface area contributed by atoms with Gasteiger partial charge in [0.15, 0.2) is 5.75 Å². The number of aromatic nitrogens is 4. The van der Waals surface area contributed by atoms with E-state index in [9.17, 15) is 10.1 Å². The Balaban J connectivity index is 1.77. The first-order valence-electron chi connectivity index (χ1n) is 8.64. The highest BCUT2D eigenvalue weighted by molar-refractivity contribution is 6.17. The number of hydrogen-bond donors (Lipinski definition) is 1. The second-order valence-electron chi connectivity index (χ2n) is 6.43. The lowest BCUT2D eigenvalue weighted by atomic mass is 10.1. The highest BCUT2D eigenvalue weighted by atomic mass is 16.5. The maximum Gasteiger partial charge on any atom is 0.248 e. The van der Waals surface area contributed by atoms with Crippen LogP contribution in [-0.4, -0.2) is 25.3 Å². The van der Waals surface area contributed by atoms with Gasteiger partial charge in [0.1, 0.15) is 22.9 Å². The molecule has 29 heavy (non-hydrogen) atoms. The van der Waals surface area contributed by atoms with Gasteiger partial charge < -0.3 is 10.5 Å². The molecule has 3 heterocycles. The molecule has 4 aromatic rings.